The van der Waals surface area contributed by atoms with E-state index in [9.17, 15) is 9.59 Å². The number of carbonyl (C=O) groups is 2. The highest BCUT2D eigenvalue weighted by Crippen LogP contribution is 2.32. The van der Waals surface area contributed by atoms with Crippen LogP contribution in [0.2, 0.25) is 0 Å². The largest absolute Gasteiger partial charge is 0.469 e. The van der Waals surface area contributed by atoms with Gasteiger partial charge in [-0.25, -0.2) is 0 Å². The van der Waals surface area contributed by atoms with Crippen LogP contribution in [0, 0.1) is 11.8 Å². The molecule has 1 amide bonds. The molecule has 0 radical (unpaired) electrons. The van der Waals surface area contributed by atoms with Gasteiger partial charge in [0, 0.05) is 45.3 Å². The van der Waals surface area contributed by atoms with Gasteiger partial charge in [0.05, 0.1) is 19.2 Å². The second-order valence-corrected chi connectivity index (χ2v) is 6.41. The van der Waals surface area contributed by atoms with Gasteiger partial charge in [0.2, 0.25) is 5.91 Å². The average molecular weight is 317 g/mol. The van der Waals surface area contributed by atoms with Crippen LogP contribution in [0.3, 0.4) is 0 Å². The molecule has 0 unspecified atom stereocenters. The normalized spacial score (nSPS) is 23.8. The number of fused-ring (bicyclic) bond motifs is 1. The van der Waals surface area contributed by atoms with E-state index in [0.717, 1.165) is 38.4 Å². The fourth-order valence-electron chi connectivity index (χ4n) is 3.61. The van der Waals surface area contributed by atoms with Crippen molar-refractivity contribution in [3.8, 4) is 0 Å². The minimum absolute atomic E-state index is 0.0704. The molecule has 0 spiro atoms. The van der Waals surface area contributed by atoms with Crippen LogP contribution < -0.4 is 0 Å². The molecule has 6 heteroatoms. The Kier molecular flexibility index (Phi) is 4.91. The second-order valence-electron chi connectivity index (χ2n) is 6.41. The summed E-state index contributed by atoms with van der Waals surface area (Å²) in [4.78, 5) is 32.0. The fourth-order valence-corrected chi connectivity index (χ4v) is 3.61. The molecule has 0 N–H and O–H groups in total. The van der Waals surface area contributed by atoms with E-state index in [1.165, 1.54) is 7.11 Å². The first-order valence-corrected chi connectivity index (χ1v) is 8.12. The maximum absolute atomic E-state index is 12.2. The average Bonchev–Trinajstić information content (AvgIpc) is 3.11. The van der Waals surface area contributed by atoms with Gasteiger partial charge in [-0.15, -0.1) is 0 Å². The summed E-state index contributed by atoms with van der Waals surface area (Å²) in [6.45, 7) is 4.53. The van der Waals surface area contributed by atoms with Gasteiger partial charge in [0.15, 0.2) is 0 Å². The van der Waals surface area contributed by atoms with Crippen molar-refractivity contribution in [2.24, 2.45) is 11.8 Å². The predicted molar refractivity (Wildman–Crippen MR) is 84.3 cm³/mol. The zero-order valence-corrected chi connectivity index (χ0v) is 13.5. The van der Waals surface area contributed by atoms with Gasteiger partial charge in [-0.05, 0) is 24.0 Å². The van der Waals surface area contributed by atoms with Gasteiger partial charge >= 0.3 is 5.97 Å². The van der Waals surface area contributed by atoms with Crippen molar-refractivity contribution in [2.75, 3.05) is 33.3 Å². The minimum atomic E-state index is -0.320. The highest BCUT2D eigenvalue weighted by atomic mass is 16.5. The smallest absolute Gasteiger partial charge is 0.306 e. The Morgan fingerprint density at radius 3 is 2.52 bits per heavy atom. The number of hydrogen-bond acceptors (Lipinski definition) is 5. The van der Waals surface area contributed by atoms with Gasteiger partial charge in [-0.3, -0.25) is 19.5 Å². The number of ether oxygens (including phenoxy) is 1. The summed E-state index contributed by atoms with van der Waals surface area (Å²) in [5, 5.41) is 0. The van der Waals surface area contributed by atoms with Crippen LogP contribution in [0.5, 0.6) is 0 Å². The lowest BCUT2D eigenvalue weighted by Crippen LogP contribution is -2.33. The van der Waals surface area contributed by atoms with Crippen molar-refractivity contribution in [2.45, 2.75) is 19.4 Å². The topological polar surface area (TPSA) is 62.7 Å². The van der Waals surface area contributed by atoms with Gasteiger partial charge in [-0.1, -0.05) is 6.07 Å². The lowest BCUT2D eigenvalue weighted by atomic mass is 10.0. The highest BCUT2D eigenvalue weighted by Gasteiger charge is 2.41. The summed E-state index contributed by atoms with van der Waals surface area (Å²) in [7, 11) is 1.35. The lowest BCUT2D eigenvalue weighted by Gasteiger charge is -2.21. The summed E-state index contributed by atoms with van der Waals surface area (Å²) in [6.07, 6.45) is 2.25. The quantitative estimate of drug-likeness (QED) is 0.756. The monoisotopic (exact) mass is 317 g/mol. The lowest BCUT2D eigenvalue weighted by molar-refractivity contribution is -0.143. The van der Waals surface area contributed by atoms with E-state index in [0.29, 0.717) is 11.8 Å². The first-order valence-electron chi connectivity index (χ1n) is 8.12. The molecule has 6 nitrogen and oxygen atoms in total. The third kappa shape index (κ3) is 3.88. The molecule has 0 aliphatic carbocycles. The molecule has 23 heavy (non-hydrogen) atoms. The van der Waals surface area contributed by atoms with Crippen LogP contribution in [0.25, 0.3) is 0 Å². The zero-order valence-electron chi connectivity index (χ0n) is 13.5. The van der Waals surface area contributed by atoms with Crippen molar-refractivity contribution in [1.29, 1.82) is 0 Å². The minimum Gasteiger partial charge on any atom is -0.469 e. The number of nitrogens with zero attached hydrogens (tertiary/aromatic N) is 3. The number of amides is 1. The Hall–Kier alpha value is -1.95. The molecule has 2 atom stereocenters. The summed E-state index contributed by atoms with van der Waals surface area (Å²) in [6, 6.07) is 6.00. The SMILES string of the molecule is COC(=O)CCC(=O)N1C[C@H]2CN(Cc3ccccn3)C[C@@H]2C1. The Bertz CT molecular complexity index is 549. The molecule has 124 valence electrons. The van der Waals surface area contributed by atoms with Crippen molar-refractivity contribution in [3.63, 3.8) is 0 Å². The standard InChI is InChI=1S/C17H23N3O3/c1-23-17(22)6-5-16(21)20-10-13-8-19(9-14(13)11-20)12-15-4-2-3-7-18-15/h2-4,7,13-14H,5-6,8-12H2,1H3/t13-,14-/m1/s1. The molecule has 0 bridgehead atoms. The van der Waals surface area contributed by atoms with E-state index in [4.69, 9.17) is 0 Å². The Morgan fingerprint density at radius 2 is 1.91 bits per heavy atom. The Morgan fingerprint density at radius 1 is 1.17 bits per heavy atom. The molecule has 1 aromatic rings. The van der Waals surface area contributed by atoms with E-state index >= 15 is 0 Å². The van der Waals surface area contributed by atoms with E-state index in [-0.39, 0.29) is 24.7 Å². The second kappa shape index (κ2) is 7.08. The first-order chi connectivity index (χ1) is 11.2. The van der Waals surface area contributed by atoms with Crippen LogP contribution in [-0.4, -0.2) is 59.9 Å². The van der Waals surface area contributed by atoms with Crippen molar-refractivity contribution >= 4 is 11.9 Å². The third-order valence-electron chi connectivity index (χ3n) is 4.80. The number of carbonyl (C=O) groups excluding carboxylic acids is 2. The van der Waals surface area contributed by atoms with E-state index < -0.39 is 0 Å². The summed E-state index contributed by atoms with van der Waals surface area (Å²) < 4.78 is 4.59. The number of hydrogen-bond donors (Lipinski definition) is 0. The molecular formula is C17H23N3O3. The highest BCUT2D eigenvalue weighted by molar-refractivity contribution is 5.81. The fraction of sp³-hybridized carbons (Fsp3) is 0.588. The number of pyridine rings is 1. The molecule has 2 saturated heterocycles. The summed E-state index contributed by atoms with van der Waals surface area (Å²) in [5.74, 6) is 0.835. The maximum Gasteiger partial charge on any atom is 0.306 e. The van der Waals surface area contributed by atoms with E-state index in [2.05, 4.69) is 20.7 Å². The maximum atomic E-state index is 12.2. The van der Waals surface area contributed by atoms with E-state index in [1.807, 2.05) is 23.2 Å². The molecule has 2 aliphatic rings. The van der Waals surface area contributed by atoms with Gasteiger partial charge in [0.25, 0.3) is 0 Å². The van der Waals surface area contributed by atoms with Crippen LogP contribution in [-0.2, 0) is 20.9 Å². The molecule has 0 saturated carbocycles. The Balaban J connectivity index is 1.46. The van der Waals surface area contributed by atoms with Gasteiger partial charge in [0.1, 0.15) is 0 Å². The van der Waals surface area contributed by atoms with Crippen molar-refractivity contribution < 1.29 is 14.3 Å². The molecule has 3 rings (SSSR count). The molecule has 2 aliphatic heterocycles. The number of likely N-dealkylation sites (tertiary alicyclic amines) is 2. The zero-order chi connectivity index (χ0) is 16.2. The number of rotatable bonds is 5. The van der Waals surface area contributed by atoms with Crippen molar-refractivity contribution in [3.05, 3.63) is 30.1 Å². The van der Waals surface area contributed by atoms with Crippen LogP contribution in [0.1, 0.15) is 18.5 Å². The molecule has 2 fully saturated rings. The number of aromatic nitrogens is 1. The molecular weight excluding hydrogens is 294 g/mol. The Labute approximate surface area is 136 Å². The van der Waals surface area contributed by atoms with Crippen LogP contribution >= 0.6 is 0 Å². The first kappa shape index (κ1) is 15.9. The van der Waals surface area contributed by atoms with Crippen LogP contribution in [0.15, 0.2) is 24.4 Å². The number of esters is 1. The number of methoxy groups -OCH3 is 1. The summed E-state index contributed by atoms with van der Waals surface area (Å²) >= 11 is 0. The van der Waals surface area contributed by atoms with Gasteiger partial charge in [-0.2, -0.15) is 0 Å². The molecule has 1 aromatic heterocycles. The summed E-state index contributed by atoms with van der Waals surface area (Å²) in [5.41, 5.74) is 1.10. The predicted octanol–water partition coefficient (Wildman–Crippen LogP) is 0.925. The molecule has 0 aromatic carbocycles. The molecule has 3 heterocycles. The van der Waals surface area contributed by atoms with E-state index in [1.54, 1.807) is 0 Å². The van der Waals surface area contributed by atoms with Gasteiger partial charge < -0.3 is 9.64 Å². The van der Waals surface area contributed by atoms with Crippen molar-refractivity contribution in [1.82, 2.24) is 14.8 Å². The van der Waals surface area contributed by atoms with Crippen LogP contribution in [0.4, 0.5) is 0 Å². The third-order valence-corrected chi connectivity index (χ3v) is 4.80.